The average molecular weight is 459 g/mol. The predicted octanol–water partition coefficient (Wildman–Crippen LogP) is 3.55. The first-order valence-corrected chi connectivity index (χ1v) is 8.67. The third-order valence-electron chi connectivity index (χ3n) is 3.45. The Morgan fingerprint density at radius 2 is 1.88 bits per heavy atom. The second kappa shape index (κ2) is 11.2. The van der Waals surface area contributed by atoms with E-state index in [1.165, 1.54) is 4.88 Å². The van der Waals surface area contributed by atoms with Gasteiger partial charge in [-0.15, -0.1) is 35.3 Å². The molecule has 1 heterocycles. The number of hydrogen-bond donors (Lipinski definition) is 3. The number of thiazole rings is 1. The van der Waals surface area contributed by atoms with Gasteiger partial charge in [-0.2, -0.15) is 0 Å². The van der Waals surface area contributed by atoms with Gasteiger partial charge in [0.1, 0.15) is 5.01 Å². The summed E-state index contributed by atoms with van der Waals surface area (Å²) in [4.78, 5) is 10.0. The molecule has 0 aliphatic carbocycles. The Bertz CT molecular complexity index is 608. The zero-order valence-electron chi connectivity index (χ0n) is 14.4. The molecule has 3 N–H and O–H groups in total. The largest absolute Gasteiger partial charge is 0.385 e. The minimum absolute atomic E-state index is 0. The van der Waals surface area contributed by atoms with Crippen LogP contribution in [0.3, 0.4) is 0 Å². The molecule has 2 rings (SSSR count). The molecule has 0 atom stereocenters. The third kappa shape index (κ3) is 7.04. The molecule has 132 valence electrons. The monoisotopic (exact) mass is 459 g/mol. The second-order valence-corrected chi connectivity index (χ2v) is 6.54. The Labute approximate surface area is 165 Å². The number of anilines is 1. The maximum atomic E-state index is 4.52. The Kier molecular flexibility index (Phi) is 9.70. The van der Waals surface area contributed by atoms with Crippen LogP contribution in [0.1, 0.15) is 22.0 Å². The Morgan fingerprint density at radius 3 is 2.50 bits per heavy atom. The molecular weight excluding hydrogens is 433 g/mol. The highest BCUT2D eigenvalue weighted by molar-refractivity contribution is 14.0. The Morgan fingerprint density at radius 1 is 1.12 bits per heavy atom. The summed E-state index contributed by atoms with van der Waals surface area (Å²) < 4.78 is 0. The van der Waals surface area contributed by atoms with E-state index in [1.54, 1.807) is 18.4 Å². The predicted molar refractivity (Wildman–Crippen MR) is 115 cm³/mol. The van der Waals surface area contributed by atoms with E-state index < -0.39 is 0 Å². The van der Waals surface area contributed by atoms with Gasteiger partial charge in [-0.3, -0.25) is 4.99 Å². The standard InChI is InChI=1S/C17H25N5S.HI/c1-13-14(2)23-16(22-13)12-21-17(18-3)20-11-7-10-19-15-8-5-4-6-9-15;/h4-6,8-9,19H,7,10-12H2,1-3H3,(H2,18,20,21);1H. The molecule has 7 heteroatoms. The summed E-state index contributed by atoms with van der Waals surface area (Å²) in [6, 6.07) is 10.2. The first-order valence-electron chi connectivity index (χ1n) is 7.85. The zero-order chi connectivity index (χ0) is 16.5. The van der Waals surface area contributed by atoms with Crippen molar-refractivity contribution in [3.63, 3.8) is 0 Å². The highest BCUT2D eigenvalue weighted by Gasteiger charge is 2.04. The van der Waals surface area contributed by atoms with E-state index in [1.807, 2.05) is 25.1 Å². The number of halogens is 1. The molecule has 0 spiro atoms. The zero-order valence-corrected chi connectivity index (χ0v) is 17.6. The molecule has 0 amide bonds. The summed E-state index contributed by atoms with van der Waals surface area (Å²) in [5.74, 6) is 0.815. The first kappa shape index (κ1) is 20.7. The number of nitrogens with zero attached hydrogens (tertiary/aromatic N) is 2. The molecule has 0 saturated heterocycles. The molecule has 2 aromatic rings. The van der Waals surface area contributed by atoms with Crippen LogP contribution in [0.2, 0.25) is 0 Å². The first-order chi connectivity index (χ1) is 11.2. The summed E-state index contributed by atoms with van der Waals surface area (Å²) in [7, 11) is 1.79. The van der Waals surface area contributed by atoms with Crippen molar-refractivity contribution in [3.05, 3.63) is 45.9 Å². The lowest BCUT2D eigenvalue weighted by atomic mass is 10.3. The number of guanidine groups is 1. The maximum absolute atomic E-state index is 4.52. The number of aromatic nitrogens is 1. The topological polar surface area (TPSA) is 61.3 Å². The molecule has 0 aliphatic rings. The highest BCUT2D eigenvalue weighted by Crippen LogP contribution is 2.15. The number of nitrogens with one attached hydrogen (secondary N) is 3. The van der Waals surface area contributed by atoms with E-state index in [-0.39, 0.29) is 24.0 Å². The summed E-state index contributed by atoms with van der Waals surface area (Å²) in [6.45, 7) is 6.65. The molecule has 0 bridgehead atoms. The minimum atomic E-state index is 0. The molecule has 0 saturated carbocycles. The van der Waals surface area contributed by atoms with E-state index in [2.05, 4.69) is 45.0 Å². The molecule has 0 radical (unpaired) electrons. The summed E-state index contributed by atoms with van der Waals surface area (Å²) in [6.07, 6.45) is 1.02. The van der Waals surface area contributed by atoms with Gasteiger partial charge in [0.15, 0.2) is 5.96 Å². The summed E-state index contributed by atoms with van der Waals surface area (Å²) >= 11 is 1.73. The van der Waals surface area contributed by atoms with E-state index in [4.69, 9.17) is 0 Å². The average Bonchev–Trinajstić information content (AvgIpc) is 2.89. The molecule has 0 unspecified atom stereocenters. The van der Waals surface area contributed by atoms with Gasteiger partial charge >= 0.3 is 0 Å². The van der Waals surface area contributed by atoms with Crippen molar-refractivity contribution in [2.75, 3.05) is 25.5 Å². The van der Waals surface area contributed by atoms with Gasteiger partial charge in [0.05, 0.1) is 12.2 Å². The summed E-state index contributed by atoms with van der Waals surface area (Å²) in [5, 5.41) is 11.1. The summed E-state index contributed by atoms with van der Waals surface area (Å²) in [5.41, 5.74) is 2.27. The van der Waals surface area contributed by atoms with Crippen LogP contribution in [-0.4, -0.2) is 31.1 Å². The van der Waals surface area contributed by atoms with Gasteiger partial charge < -0.3 is 16.0 Å². The number of para-hydroxylation sites is 1. The molecule has 5 nitrogen and oxygen atoms in total. The number of aliphatic imine (C=N–C) groups is 1. The number of hydrogen-bond acceptors (Lipinski definition) is 4. The molecule has 0 aliphatic heterocycles. The van der Waals surface area contributed by atoms with Crippen molar-refractivity contribution in [1.29, 1.82) is 0 Å². The van der Waals surface area contributed by atoms with E-state index in [0.717, 1.165) is 41.9 Å². The van der Waals surface area contributed by atoms with Gasteiger partial charge in [0, 0.05) is 30.7 Å². The number of aryl methyl sites for hydroxylation is 2. The SMILES string of the molecule is CN=C(NCCCNc1ccccc1)NCc1nc(C)c(C)s1.I. The van der Waals surface area contributed by atoms with Crippen molar-refractivity contribution < 1.29 is 0 Å². The third-order valence-corrected chi connectivity index (χ3v) is 4.53. The van der Waals surface area contributed by atoms with Crippen molar-refractivity contribution in [2.45, 2.75) is 26.8 Å². The van der Waals surface area contributed by atoms with Crippen LogP contribution in [0.5, 0.6) is 0 Å². The van der Waals surface area contributed by atoms with E-state index >= 15 is 0 Å². The minimum Gasteiger partial charge on any atom is -0.385 e. The number of benzene rings is 1. The maximum Gasteiger partial charge on any atom is 0.191 e. The Balaban J connectivity index is 0.00000288. The quantitative estimate of drug-likeness (QED) is 0.257. The van der Waals surface area contributed by atoms with E-state index in [9.17, 15) is 0 Å². The van der Waals surface area contributed by atoms with Crippen LogP contribution in [0.15, 0.2) is 35.3 Å². The molecule has 24 heavy (non-hydrogen) atoms. The van der Waals surface area contributed by atoms with Crippen LogP contribution in [0.4, 0.5) is 5.69 Å². The fourth-order valence-corrected chi connectivity index (χ4v) is 2.95. The lowest BCUT2D eigenvalue weighted by Gasteiger charge is -2.11. The molecule has 0 fully saturated rings. The van der Waals surface area contributed by atoms with Crippen LogP contribution < -0.4 is 16.0 Å². The van der Waals surface area contributed by atoms with Gasteiger partial charge in [-0.1, -0.05) is 18.2 Å². The van der Waals surface area contributed by atoms with Gasteiger partial charge in [-0.25, -0.2) is 4.98 Å². The lowest BCUT2D eigenvalue weighted by Crippen LogP contribution is -2.37. The van der Waals surface area contributed by atoms with Crippen molar-refractivity contribution in [1.82, 2.24) is 15.6 Å². The van der Waals surface area contributed by atoms with E-state index in [0.29, 0.717) is 6.54 Å². The Hall–Kier alpha value is -1.35. The lowest BCUT2D eigenvalue weighted by molar-refractivity contribution is 0.760. The van der Waals surface area contributed by atoms with Crippen molar-refractivity contribution >= 4 is 47.0 Å². The number of rotatable bonds is 7. The molecular formula is C17H26IN5S. The van der Waals surface area contributed by atoms with Crippen LogP contribution in [0, 0.1) is 13.8 Å². The normalized spacial score (nSPS) is 10.9. The van der Waals surface area contributed by atoms with Crippen LogP contribution in [0.25, 0.3) is 0 Å². The second-order valence-electron chi connectivity index (χ2n) is 5.25. The molecule has 1 aromatic carbocycles. The van der Waals surface area contributed by atoms with Gasteiger partial charge in [0.25, 0.3) is 0 Å². The van der Waals surface area contributed by atoms with Crippen molar-refractivity contribution in [2.24, 2.45) is 4.99 Å². The highest BCUT2D eigenvalue weighted by atomic mass is 127. The van der Waals surface area contributed by atoms with Crippen LogP contribution in [-0.2, 0) is 6.54 Å². The fourth-order valence-electron chi connectivity index (χ4n) is 2.08. The fraction of sp³-hybridized carbons (Fsp3) is 0.412. The van der Waals surface area contributed by atoms with Gasteiger partial charge in [-0.05, 0) is 32.4 Å². The van der Waals surface area contributed by atoms with Gasteiger partial charge in [0.2, 0.25) is 0 Å². The molecule has 1 aromatic heterocycles. The van der Waals surface area contributed by atoms with Crippen LogP contribution >= 0.6 is 35.3 Å². The smallest absolute Gasteiger partial charge is 0.191 e. The van der Waals surface area contributed by atoms with Crippen molar-refractivity contribution in [3.8, 4) is 0 Å².